The molecular weight excluding hydrogens is 328 g/mol. The predicted molar refractivity (Wildman–Crippen MR) is 90.3 cm³/mol. The molecule has 0 saturated carbocycles. The molecule has 0 aliphatic carbocycles. The zero-order valence-corrected chi connectivity index (χ0v) is 14.1. The van der Waals surface area contributed by atoms with Crippen molar-refractivity contribution < 1.29 is 23.5 Å². The molecular formula is C19H19F2NO3. The molecule has 0 radical (unpaired) electrons. The Labute approximate surface area is 144 Å². The summed E-state index contributed by atoms with van der Waals surface area (Å²) in [5, 5.41) is 11.5. The van der Waals surface area contributed by atoms with Gasteiger partial charge in [-0.1, -0.05) is 12.1 Å². The van der Waals surface area contributed by atoms with E-state index in [1.54, 1.807) is 13.8 Å². The molecule has 0 aliphatic heterocycles. The van der Waals surface area contributed by atoms with Crippen molar-refractivity contribution in [3.05, 3.63) is 59.2 Å². The average Bonchev–Trinajstić information content (AvgIpc) is 2.54. The van der Waals surface area contributed by atoms with Crippen LogP contribution in [0.2, 0.25) is 0 Å². The van der Waals surface area contributed by atoms with Gasteiger partial charge in [-0.25, -0.2) is 8.78 Å². The summed E-state index contributed by atoms with van der Waals surface area (Å²) < 4.78 is 27.6. The standard InChI is InChI=1S/C19H19F2NO3/c1-10-8-14(20)5-7-15(10)16-6-4-13(9-17(16)21)18(23)22-12(3)11(2)19(24)25/h4-9,11-12H,1-3H3,(H,22,23)(H,24,25). The lowest BCUT2D eigenvalue weighted by Crippen LogP contribution is -2.40. The number of carbonyl (C=O) groups excluding carboxylic acids is 1. The number of hydrogen-bond acceptors (Lipinski definition) is 2. The van der Waals surface area contributed by atoms with E-state index in [1.807, 2.05) is 0 Å². The van der Waals surface area contributed by atoms with E-state index >= 15 is 0 Å². The third-order valence-corrected chi connectivity index (χ3v) is 4.21. The second kappa shape index (κ2) is 7.42. The molecule has 0 bridgehead atoms. The Morgan fingerprint density at radius 3 is 2.24 bits per heavy atom. The van der Waals surface area contributed by atoms with E-state index in [0.717, 1.165) is 6.07 Å². The lowest BCUT2D eigenvalue weighted by atomic mass is 9.98. The SMILES string of the molecule is Cc1cc(F)ccc1-c1ccc(C(=O)NC(C)C(C)C(=O)O)cc1F. The summed E-state index contributed by atoms with van der Waals surface area (Å²) in [6, 6.07) is 7.43. The van der Waals surface area contributed by atoms with Crippen molar-refractivity contribution in [2.24, 2.45) is 5.92 Å². The number of amides is 1. The van der Waals surface area contributed by atoms with Gasteiger partial charge in [0.2, 0.25) is 0 Å². The van der Waals surface area contributed by atoms with Gasteiger partial charge in [0.05, 0.1) is 5.92 Å². The van der Waals surface area contributed by atoms with Crippen LogP contribution in [-0.2, 0) is 4.79 Å². The quantitative estimate of drug-likeness (QED) is 0.865. The Morgan fingerprint density at radius 2 is 1.68 bits per heavy atom. The van der Waals surface area contributed by atoms with E-state index in [9.17, 15) is 18.4 Å². The van der Waals surface area contributed by atoms with Crippen LogP contribution in [0.3, 0.4) is 0 Å². The lowest BCUT2D eigenvalue weighted by molar-refractivity contribution is -0.141. The molecule has 0 spiro atoms. The smallest absolute Gasteiger partial charge is 0.308 e. The Bertz CT molecular complexity index is 820. The number of benzene rings is 2. The maximum Gasteiger partial charge on any atom is 0.308 e. The highest BCUT2D eigenvalue weighted by Gasteiger charge is 2.22. The van der Waals surface area contributed by atoms with E-state index in [-0.39, 0.29) is 11.1 Å². The monoisotopic (exact) mass is 347 g/mol. The van der Waals surface area contributed by atoms with Gasteiger partial charge in [0.15, 0.2) is 0 Å². The van der Waals surface area contributed by atoms with E-state index < -0.39 is 35.5 Å². The van der Waals surface area contributed by atoms with E-state index in [0.29, 0.717) is 11.1 Å². The molecule has 4 nitrogen and oxygen atoms in total. The van der Waals surface area contributed by atoms with Gasteiger partial charge in [0.25, 0.3) is 5.91 Å². The Hall–Kier alpha value is -2.76. The van der Waals surface area contributed by atoms with Crippen LogP contribution < -0.4 is 5.32 Å². The first-order valence-electron chi connectivity index (χ1n) is 7.80. The van der Waals surface area contributed by atoms with Crippen LogP contribution in [0.25, 0.3) is 11.1 Å². The zero-order valence-electron chi connectivity index (χ0n) is 14.1. The highest BCUT2D eigenvalue weighted by atomic mass is 19.1. The summed E-state index contributed by atoms with van der Waals surface area (Å²) >= 11 is 0. The highest BCUT2D eigenvalue weighted by molar-refractivity contribution is 5.95. The largest absolute Gasteiger partial charge is 0.481 e. The first-order chi connectivity index (χ1) is 11.7. The van der Waals surface area contributed by atoms with Crippen LogP contribution in [-0.4, -0.2) is 23.0 Å². The molecule has 2 unspecified atom stereocenters. The lowest BCUT2D eigenvalue weighted by Gasteiger charge is -2.18. The van der Waals surface area contributed by atoms with Crippen molar-refractivity contribution in [2.75, 3.05) is 0 Å². The molecule has 1 amide bonds. The number of aliphatic carboxylic acids is 1. The van der Waals surface area contributed by atoms with Crippen LogP contribution in [0.5, 0.6) is 0 Å². The minimum Gasteiger partial charge on any atom is -0.481 e. The first kappa shape index (κ1) is 18.6. The van der Waals surface area contributed by atoms with Gasteiger partial charge in [-0.05, 0) is 56.2 Å². The Kier molecular flexibility index (Phi) is 5.51. The van der Waals surface area contributed by atoms with Crippen molar-refractivity contribution >= 4 is 11.9 Å². The average molecular weight is 347 g/mol. The molecule has 0 aliphatic rings. The van der Waals surface area contributed by atoms with Gasteiger partial charge in [0, 0.05) is 17.2 Å². The topological polar surface area (TPSA) is 66.4 Å². The fourth-order valence-corrected chi connectivity index (χ4v) is 2.43. The predicted octanol–water partition coefficient (Wildman–Crippen LogP) is 3.78. The van der Waals surface area contributed by atoms with Gasteiger partial charge in [-0.3, -0.25) is 9.59 Å². The Morgan fingerprint density at radius 1 is 1.04 bits per heavy atom. The molecule has 2 N–H and O–H groups in total. The summed E-state index contributed by atoms with van der Waals surface area (Å²) in [6.07, 6.45) is 0. The van der Waals surface area contributed by atoms with Gasteiger partial charge in [-0.2, -0.15) is 0 Å². The van der Waals surface area contributed by atoms with Gasteiger partial charge in [-0.15, -0.1) is 0 Å². The third-order valence-electron chi connectivity index (χ3n) is 4.21. The second-order valence-corrected chi connectivity index (χ2v) is 6.04. The molecule has 0 fully saturated rings. The highest BCUT2D eigenvalue weighted by Crippen LogP contribution is 2.27. The maximum absolute atomic E-state index is 14.4. The second-order valence-electron chi connectivity index (χ2n) is 6.04. The summed E-state index contributed by atoms with van der Waals surface area (Å²) in [5.74, 6) is -3.36. The van der Waals surface area contributed by atoms with Gasteiger partial charge in [0.1, 0.15) is 11.6 Å². The van der Waals surface area contributed by atoms with Crippen molar-refractivity contribution in [2.45, 2.75) is 26.8 Å². The van der Waals surface area contributed by atoms with E-state index in [4.69, 9.17) is 5.11 Å². The molecule has 132 valence electrons. The van der Waals surface area contributed by atoms with Crippen LogP contribution in [0.1, 0.15) is 29.8 Å². The first-order valence-corrected chi connectivity index (χ1v) is 7.80. The minimum atomic E-state index is -1.03. The maximum atomic E-state index is 14.4. The van der Waals surface area contributed by atoms with Gasteiger partial charge < -0.3 is 10.4 Å². The van der Waals surface area contributed by atoms with Crippen LogP contribution in [0.4, 0.5) is 8.78 Å². The molecule has 2 rings (SSSR count). The van der Waals surface area contributed by atoms with E-state index in [1.165, 1.54) is 37.3 Å². The zero-order chi connectivity index (χ0) is 18.7. The molecule has 0 saturated heterocycles. The fourth-order valence-electron chi connectivity index (χ4n) is 2.43. The fraction of sp³-hybridized carbons (Fsp3) is 0.263. The molecule has 2 atom stereocenters. The number of hydrogen-bond donors (Lipinski definition) is 2. The van der Waals surface area contributed by atoms with Crippen molar-refractivity contribution in [3.63, 3.8) is 0 Å². The van der Waals surface area contributed by atoms with Crippen molar-refractivity contribution in [1.29, 1.82) is 0 Å². The molecule has 6 heteroatoms. The normalized spacial score (nSPS) is 13.2. The number of rotatable bonds is 5. The summed E-state index contributed by atoms with van der Waals surface area (Å²) in [5.41, 5.74) is 1.48. The molecule has 25 heavy (non-hydrogen) atoms. The minimum absolute atomic E-state index is 0.0884. The van der Waals surface area contributed by atoms with Crippen LogP contribution in [0, 0.1) is 24.5 Å². The summed E-state index contributed by atoms with van der Waals surface area (Å²) in [6.45, 7) is 4.73. The third kappa shape index (κ3) is 4.21. The van der Waals surface area contributed by atoms with Crippen molar-refractivity contribution in [3.8, 4) is 11.1 Å². The molecule has 0 heterocycles. The summed E-state index contributed by atoms with van der Waals surface area (Å²) in [7, 11) is 0. The molecule has 0 aromatic heterocycles. The molecule has 2 aromatic carbocycles. The number of carboxylic acid groups (broad SMARTS) is 1. The van der Waals surface area contributed by atoms with Crippen LogP contribution >= 0.6 is 0 Å². The number of carboxylic acids is 1. The number of carbonyl (C=O) groups is 2. The summed E-state index contributed by atoms with van der Waals surface area (Å²) in [4.78, 5) is 23.1. The number of aryl methyl sites for hydroxylation is 1. The number of halogens is 2. The Balaban J connectivity index is 2.24. The van der Waals surface area contributed by atoms with Crippen LogP contribution in [0.15, 0.2) is 36.4 Å². The van der Waals surface area contributed by atoms with E-state index in [2.05, 4.69) is 5.32 Å². The molecule has 2 aromatic rings. The number of nitrogens with one attached hydrogen (secondary N) is 1. The van der Waals surface area contributed by atoms with Gasteiger partial charge >= 0.3 is 5.97 Å². The van der Waals surface area contributed by atoms with Crippen molar-refractivity contribution in [1.82, 2.24) is 5.32 Å².